The molecule has 3 heteroatoms. The number of aryl methyl sites for hydroxylation is 1. The number of thiol groups is 1. The molecule has 0 aromatic carbocycles. The van der Waals surface area contributed by atoms with Crippen LogP contribution in [0.3, 0.4) is 0 Å². The quantitative estimate of drug-likeness (QED) is 0.537. The van der Waals surface area contributed by atoms with Gasteiger partial charge in [-0.3, -0.25) is 4.68 Å². The van der Waals surface area contributed by atoms with E-state index in [0.29, 0.717) is 0 Å². The maximum atomic E-state index is 4.13. The summed E-state index contributed by atoms with van der Waals surface area (Å²) < 4.78 is 1.87. The van der Waals surface area contributed by atoms with E-state index in [9.17, 15) is 0 Å². The van der Waals surface area contributed by atoms with Gasteiger partial charge in [-0.15, -0.1) is 0 Å². The highest BCUT2D eigenvalue weighted by molar-refractivity contribution is 7.80. The largest absolute Gasteiger partial charge is 0.268 e. The molecule has 1 aromatic rings. The van der Waals surface area contributed by atoms with Crippen molar-refractivity contribution < 1.29 is 0 Å². The molecular formula is C8H12N2S. The van der Waals surface area contributed by atoms with Crippen LogP contribution in [0.25, 0.3) is 0 Å². The zero-order chi connectivity index (χ0) is 8.27. The fourth-order valence-electron chi connectivity index (χ4n) is 0.833. The summed E-state index contributed by atoms with van der Waals surface area (Å²) in [5.41, 5.74) is 2.26. The zero-order valence-electron chi connectivity index (χ0n) is 6.62. The van der Waals surface area contributed by atoms with Crippen LogP contribution in [0.2, 0.25) is 0 Å². The van der Waals surface area contributed by atoms with Crippen LogP contribution in [0.4, 0.5) is 0 Å². The van der Waals surface area contributed by atoms with Gasteiger partial charge >= 0.3 is 0 Å². The Morgan fingerprint density at radius 3 is 3.00 bits per heavy atom. The standard InChI is InChI=1S/C8H12N2S/c1-7-3-9-10(4-7)5-8(2)6-11/h3-4,11H,2,5-6H2,1H3. The second kappa shape index (κ2) is 3.62. The minimum Gasteiger partial charge on any atom is -0.268 e. The Balaban J connectivity index is 2.57. The Hall–Kier alpha value is -0.700. The van der Waals surface area contributed by atoms with Gasteiger partial charge in [0.15, 0.2) is 0 Å². The molecule has 0 aliphatic rings. The predicted octanol–water partition coefficient (Wildman–Crippen LogP) is 1.68. The van der Waals surface area contributed by atoms with Gasteiger partial charge in [-0.1, -0.05) is 6.58 Å². The fourth-order valence-corrected chi connectivity index (χ4v) is 0.933. The molecule has 0 fully saturated rings. The van der Waals surface area contributed by atoms with Crippen LogP contribution in [0.15, 0.2) is 24.5 Å². The third-order valence-electron chi connectivity index (χ3n) is 1.37. The summed E-state index contributed by atoms with van der Waals surface area (Å²) in [6.45, 7) is 6.64. The lowest BCUT2D eigenvalue weighted by Crippen LogP contribution is -2.01. The molecule has 0 aliphatic carbocycles. The summed E-state index contributed by atoms with van der Waals surface area (Å²) >= 11 is 4.11. The predicted molar refractivity (Wildman–Crippen MR) is 50.0 cm³/mol. The monoisotopic (exact) mass is 168 g/mol. The third-order valence-corrected chi connectivity index (χ3v) is 1.82. The first-order chi connectivity index (χ1) is 5.22. The van der Waals surface area contributed by atoms with Crippen molar-refractivity contribution in [2.75, 3.05) is 5.75 Å². The van der Waals surface area contributed by atoms with Crippen molar-refractivity contribution in [2.45, 2.75) is 13.5 Å². The molecule has 0 atom stereocenters. The SMILES string of the molecule is C=C(CS)Cn1cc(C)cn1. The van der Waals surface area contributed by atoms with E-state index >= 15 is 0 Å². The van der Waals surface area contributed by atoms with Crippen LogP contribution in [-0.4, -0.2) is 15.5 Å². The molecule has 0 spiro atoms. The van der Waals surface area contributed by atoms with E-state index in [1.54, 1.807) is 0 Å². The van der Waals surface area contributed by atoms with Crippen molar-refractivity contribution >= 4 is 12.6 Å². The van der Waals surface area contributed by atoms with Gasteiger partial charge in [0.2, 0.25) is 0 Å². The highest BCUT2D eigenvalue weighted by Gasteiger charge is 1.94. The molecule has 0 bridgehead atoms. The molecular weight excluding hydrogens is 156 g/mol. The third kappa shape index (κ3) is 2.42. The van der Waals surface area contributed by atoms with E-state index in [2.05, 4.69) is 24.3 Å². The molecule has 2 nitrogen and oxygen atoms in total. The molecule has 1 aromatic heterocycles. The van der Waals surface area contributed by atoms with Crippen molar-refractivity contribution in [1.29, 1.82) is 0 Å². The highest BCUT2D eigenvalue weighted by atomic mass is 32.1. The number of hydrogen-bond acceptors (Lipinski definition) is 2. The molecule has 0 saturated heterocycles. The van der Waals surface area contributed by atoms with Gasteiger partial charge in [0.05, 0.1) is 12.7 Å². The maximum Gasteiger partial charge on any atom is 0.0624 e. The zero-order valence-corrected chi connectivity index (χ0v) is 7.51. The average molecular weight is 168 g/mol. The van der Waals surface area contributed by atoms with Gasteiger partial charge in [-0.05, 0) is 18.1 Å². The molecule has 0 saturated carbocycles. The first-order valence-corrected chi connectivity index (χ1v) is 4.12. The van der Waals surface area contributed by atoms with Gasteiger partial charge < -0.3 is 0 Å². The van der Waals surface area contributed by atoms with Crippen molar-refractivity contribution in [1.82, 2.24) is 9.78 Å². The smallest absolute Gasteiger partial charge is 0.0624 e. The Morgan fingerprint density at radius 1 is 1.82 bits per heavy atom. The maximum absolute atomic E-state index is 4.13. The Labute approximate surface area is 72.3 Å². The van der Waals surface area contributed by atoms with Crippen molar-refractivity contribution in [3.63, 3.8) is 0 Å². The van der Waals surface area contributed by atoms with E-state index in [-0.39, 0.29) is 0 Å². The van der Waals surface area contributed by atoms with Crippen LogP contribution in [0, 0.1) is 6.92 Å². The lowest BCUT2D eigenvalue weighted by atomic mass is 10.3. The summed E-state index contributed by atoms with van der Waals surface area (Å²) in [6.07, 6.45) is 3.83. The minimum absolute atomic E-state index is 0.721. The Morgan fingerprint density at radius 2 is 2.55 bits per heavy atom. The van der Waals surface area contributed by atoms with E-state index in [1.165, 1.54) is 5.56 Å². The summed E-state index contributed by atoms with van der Waals surface area (Å²) in [5, 5.41) is 4.13. The topological polar surface area (TPSA) is 17.8 Å². The first-order valence-electron chi connectivity index (χ1n) is 3.49. The lowest BCUT2D eigenvalue weighted by molar-refractivity contribution is 0.680. The number of nitrogens with zero attached hydrogens (tertiary/aromatic N) is 2. The van der Waals surface area contributed by atoms with Gasteiger partial charge in [0, 0.05) is 11.9 Å². The van der Waals surface area contributed by atoms with Crippen LogP contribution in [-0.2, 0) is 6.54 Å². The highest BCUT2D eigenvalue weighted by Crippen LogP contribution is 2.00. The first kappa shape index (κ1) is 8.40. The second-order valence-corrected chi connectivity index (χ2v) is 2.94. The molecule has 11 heavy (non-hydrogen) atoms. The number of aromatic nitrogens is 2. The minimum atomic E-state index is 0.721. The van der Waals surface area contributed by atoms with Crippen molar-refractivity contribution in [3.8, 4) is 0 Å². The molecule has 0 unspecified atom stereocenters. The van der Waals surface area contributed by atoms with Crippen LogP contribution < -0.4 is 0 Å². The van der Waals surface area contributed by atoms with Crippen LogP contribution >= 0.6 is 12.6 Å². The molecule has 1 rings (SSSR count). The summed E-state index contributed by atoms with van der Waals surface area (Å²) in [6, 6.07) is 0. The second-order valence-electron chi connectivity index (χ2n) is 2.62. The molecule has 0 N–H and O–H groups in total. The van der Waals surface area contributed by atoms with E-state index in [1.807, 2.05) is 24.0 Å². The molecule has 1 heterocycles. The summed E-state index contributed by atoms with van der Waals surface area (Å²) in [7, 11) is 0. The van der Waals surface area contributed by atoms with Gasteiger partial charge in [-0.2, -0.15) is 17.7 Å². The van der Waals surface area contributed by atoms with Crippen molar-refractivity contribution in [3.05, 3.63) is 30.1 Å². The van der Waals surface area contributed by atoms with Gasteiger partial charge in [-0.25, -0.2) is 0 Å². The fraction of sp³-hybridized carbons (Fsp3) is 0.375. The Bertz CT molecular complexity index is 252. The van der Waals surface area contributed by atoms with E-state index < -0.39 is 0 Å². The van der Waals surface area contributed by atoms with Crippen LogP contribution in [0.1, 0.15) is 5.56 Å². The van der Waals surface area contributed by atoms with E-state index in [0.717, 1.165) is 17.9 Å². The van der Waals surface area contributed by atoms with Crippen LogP contribution in [0.5, 0.6) is 0 Å². The van der Waals surface area contributed by atoms with Crippen molar-refractivity contribution in [2.24, 2.45) is 0 Å². The molecule has 60 valence electrons. The summed E-state index contributed by atoms with van der Waals surface area (Å²) in [4.78, 5) is 0. The normalized spacial score (nSPS) is 10.0. The Kier molecular flexibility index (Phi) is 2.76. The lowest BCUT2D eigenvalue weighted by Gasteiger charge is -2.00. The average Bonchev–Trinajstić information content (AvgIpc) is 2.35. The van der Waals surface area contributed by atoms with E-state index in [4.69, 9.17) is 0 Å². The molecule has 0 radical (unpaired) electrons. The number of hydrogen-bond donors (Lipinski definition) is 1. The number of rotatable bonds is 3. The van der Waals surface area contributed by atoms with Gasteiger partial charge in [0.25, 0.3) is 0 Å². The summed E-state index contributed by atoms with van der Waals surface area (Å²) in [5.74, 6) is 0.721. The molecule has 0 aliphatic heterocycles. The van der Waals surface area contributed by atoms with Gasteiger partial charge in [0.1, 0.15) is 0 Å². The molecule has 0 amide bonds.